The summed E-state index contributed by atoms with van der Waals surface area (Å²) >= 11 is 0.987. The summed E-state index contributed by atoms with van der Waals surface area (Å²) in [5, 5.41) is 11.5. The number of benzene rings is 2. The molecule has 14 heteroatoms. The van der Waals surface area contributed by atoms with E-state index in [1.165, 1.54) is 12.1 Å². The molecule has 2 N–H and O–H groups in total. The fourth-order valence-corrected chi connectivity index (χ4v) is 8.07. The average molecular weight is 687 g/mol. The molecule has 6 rings (SSSR count). The molecule has 1 amide bonds. The minimum atomic E-state index is -0.949. The Bertz CT molecular complexity index is 2020. The van der Waals surface area contributed by atoms with Crippen molar-refractivity contribution in [1.29, 1.82) is 5.26 Å². The van der Waals surface area contributed by atoms with Gasteiger partial charge in [-0.2, -0.15) is 15.2 Å². The number of nitrogen functional groups attached to an aromatic ring is 1. The molecule has 0 spiro atoms. The number of halogens is 2. The lowest BCUT2D eigenvalue weighted by molar-refractivity contribution is -0.127. The van der Waals surface area contributed by atoms with Crippen molar-refractivity contribution in [2.24, 2.45) is 0 Å². The first-order valence-corrected chi connectivity index (χ1v) is 16.7. The topological polar surface area (TPSA) is 125 Å². The maximum atomic E-state index is 15.0. The summed E-state index contributed by atoms with van der Waals surface area (Å²) in [6.45, 7) is 15.1. The van der Waals surface area contributed by atoms with E-state index in [0.717, 1.165) is 11.3 Å². The number of amides is 1. The molecule has 1 unspecified atom stereocenters. The first-order valence-electron chi connectivity index (χ1n) is 15.9. The third-order valence-electron chi connectivity index (χ3n) is 9.47. The minimum absolute atomic E-state index is 0.0681. The van der Waals surface area contributed by atoms with Gasteiger partial charge in [-0.1, -0.05) is 12.6 Å². The van der Waals surface area contributed by atoms with Gasteiger partial charge < -0.3 is 25.0 Å². The Morgan fingerprint density at radius 2 is 2.12 bits per heavy atom. The number of likely N-dealkylation sites (N-methyl/N-ethyl adjacent to an activating group) is 2. The molecule has 2 aromatic heterocycles. The van der Waals surface area contributed by atoms with Crippen LogP contribution >= 0.6 is 11.3 Å². The molecule has 0 bridgehead atoms. The number of fused-ring (bicyclic) bond motifs is 2. The van der Waals surface area contributed by atoms with Gasteiger partial charge in [-0.05, 0) is 56.7 Å². The van der Waals surface area contributed by atoms with E-state index >= 15 is 0 Å². The fourth-order valence-electron chi connectivity index (χ4n) is 7.13. The van der Waals surface area contributed by atoms with E-state index in [0.29, 0.717) is 65.7 Å². The van der Waals surface area contributed by atoms with Gasteiger partial charge >= 0.3 is 6.01 Å². The zero-order valence-electron chi connectivity index (χ0n) is 27.4. The highest BCUT2D eigenvalue weighted by Gasteiger charge is 2.40. The highest BCUT2D eigenvalue weighted by molar-refractivity contribution is 7.23. The quantitative estimate of drug-likeness (QED) is 0.165. The van der Waals surface area contributed by atoms with Crippen LogP contribution in [0.15, 0.2) is 36.9 Å². The number of aromatic nitrogens is 2. The summed E-state index contributed by atoms with van der Waals surface area (Å²) in [6.07, 6.45) is 1.30. The molecular weight excluding hydrogens is 651 g/mol. The van der Waals surface area contributed by atoms with Gasteiger partial charge in [0.15, 0.2) is 0 Å². The van der Waals surface area contributed by atoms with Gasteiger partial charge in [-0.3, -0.25) is 9.69 Å². The van der Waals surface area contributed by atoms with Gasteiger partial charge in [0.05, 0.1) is 52.1 Å². The number of carbonyl (C=O) groups excluding carboxylic acids is 1. The molecule has 0 saturated carbocycles. The molecular formula is C35H36F2N8O3S. The lowest BCUT2D eigenvalue weighted by atomic mass is 9.94. The van der Waals surface area contributed by atoms with Gasteiger partial charge in [0.1, 0.15) is 24.4 Å². The van der Waals surface area contributed by atoms with Gasteiger partial charge in [0, 0.05) is 49.1 Å². The van der Waals surface area contributed by atoms with Crippen molar-refractivity contribution in [1.82, 2.24) is 19.8 Å². The van der Waals surface area contributed by atoms with Crippen LogP contribution in [0.1, 0.15) is 25.3 Å². The van der Waals surface area contributed by atoms with Crippen molar-refractivity contribution in [3.8, 4) is 23.2 Å². The number of nitriles is 1. The monoisotopic (exact) mass is 686 g/mol. The Morgan fingerprint density at radius 3 is 2.78 bits per heavy atom. The van der Waals surface area contributed by atoms with Gasteiger partial charge in [0.25, 0.3) is 0 Å². The minimum Gasteiger partial charge on any atom is -0.462 e. The van der Waals surface area contributed by atoms with Crippen LogP contribution in [0.25, 0.3) is 37.0 Å². The number of anilines is 2. The van der Waals surface area contributed by atoms with Crippen molar-refractivity contribution >= 4 is 54.7 Å². The maximum absolute atomic E-state index is 15.0. The second kappa shape index (κ2) is 13.9. The van der Waals surface area contributed by atoms with Crippen LogP contribution in [0.3, 0.4) is 0 Å². The van der Waals surface area contributed by atoms with Crippen LogP contribution < -0.4 is 15.4 Å². The molecule has 4 heterocycles. The number of nitrogens with two attached hydrogens (primary N) is 1. The van der Waals surface area contributed by atoms with E-state index in [1.807, 2.05) is 18.9 Å². The van der Waals surface area contributed by atoms with E-state index in [1.54, 1.807) is 30.2 Å². The number of hydrogen-bond acceptors (Lipinski definition) is 10. The van der Waals surface area contributed by atoms with E-state index in [2.05, 4.69) is 22.4 Å². The van der Waals surface area contributed by atoms with Gasteiger partial charge in [0.2, 0.25) is 11.6 Å². The fraction of sp³-hybridized carbons (Fsp3) is 0.400. The Hall–Kier alpha value is -4.89. The predicted molar refractivity (Wildman–Crippen MR) is 186 cm³/mol. The highest BCUT2D eigenvalue weighted by atomic mass is 32.1. The lowest BCUT2D eigenvalue weighted by Gasteiger charge is -2.35. The molecule has 4 atom stereocenters. The highest BCUT2D eigenvalue weighted by Crippen LogP contribution is 2.47. The average Bonchev–Trinajstić information content (AvgIpc) is 3.77. The number of methoxy groups -OCH3 is 1. The third kappa shape index (κ3) is 6.12. The predicted octanol–water partition coefficient (Wildman–Crippen LogP) is 5.70. The van der Waals surface area contributed by atoms with Crippen molar-refractivity contribution in [3.05, 3.63) is 59.7 Å². The first kappa shape index (κ1) is 34.0. The number of alkyl halides is 1. The lowest BCUT2D eigenvalue weighted by Crippen LogP contribution is -2.49. The Kier molecular flexibility index (Phi) is 9.65. The number of ether oxygens (including phenoxy) is 2. The van der Waals surface area contributed by atoms with Crippen molar-refractivity contribution in [2.45, 2.75) is 44.1 Å². The maximum Gasteiger partial charge on any atom is 0.319 e. The molecule has 2 aliphatic heterocycles. The molecule has 0 radical (unpaired) electrons. The van der Waals surface area contributed by atoms with Crippen LogP contribution in [-0.4, -0.2) is 97.0 Å². The van der Waals surface area contributed by atoms with Crippen LogP contribution in [0.4, 0.5) is 25.3 Å². The van der Waals surface area contributed by atoms with E-state index in [-0.39, 0.29) is 64.2 Å². The van der Waals surface area contributed by atoms with Crippen LogP contribution in [0.2, 0.25) is 0 Å². The smallest absolute Gasteiger partial charge is 0.319 e. The zero-order valence-corrected chi connectivity index (χ0v) is 28.3. The van der Waals surface area contributed by atoms with Crippen molar-refractivity contribution in [3.63, 3.8) is 0 Å². The number of hydrogen-bond donors (Lipinski definition) is 1. The van der Waals surface area contributed by atoms with E-state index in [4.69, 9.17) is 31.7 Å². The number of carbonyl (C=O) groups is 1. The van der Waals surface area contributed by atoms with E-state index < -0.39 is 12.0 Å². The summed E-state index contributed by atoms with van der Waals surface area (Å²) in [5.41, 5.74) is 7.88. The summed E-state index contributed by atoms with van der Waals surface area (Å²) in [6, 6.07) is 7.93. The standard InChI is InChI=1S/C35H36F2N8O3S/c1-6-29(46)45-11-10-27(28(45)18-47-5)44(7-2)34-24-12-19(15-38)23(22-8-9-25(37)32-30(22)31(40-3)33(39)49-32)14-26(24)41-35(42-34)48-17-21-13-20(36)16-43(21)4/h6,8-9,12,14,20-21,27-28H,1,7,10-11,13,16-18,39H2,2,4-5H3/t20-,21+,27?,28-/m1/s1. The Morgan fingerprint density at radius 1 is 1.33 bits per heavy atom. The summed E-state index contributed by atoms with van der Waals surface area (Å²) in [4.78, 5) is 31.8. The largest absolute Gasteiger partial charge is 0.462 e. The first-order chi connectivity index (χ1) is 23.6. The molecule has 2 aliphatic rings. The number of rotatable bonds is 10. The second-order valence-corrected chi connectivity index (χ2v) is 13.3. The summed E-state index contributed by atoms with van der Waals surface area (Å²) in [7, 11) is 3.43. The summed E-state index contributed by atoms with van der Waals surface area (Å²) < 4.78 is 41.1. The molecule has 2 aromatic carbocycles. The molecule has 2 fully saturated rings. The van der Waals surface area contributed by atoms with Gasteiger partial charge in [-0.25, -0.2) is 13.6 Å². The molecule has 11 nitrogen and oxygen atoms in total. The zero-order chi connectivity index (χ0) is 35.0. The Balaban J connectivity index is 1.54. The normalized spacial score (nSPS) is 20.8. The Labute approximate surface area is 286 Å². The summed E-state index contributed by atoms with van der Waals surface area (Å²) in [5.74, 6) is -0.209. The molecule has 49 heavy (non-hydrogen) atoms. The number of likely N-dealkylation sites (tertiary alicyclic amines) is 2. The third-order valence-corrected chi connectivity index (χ3v) is 10.5. The number of thiophene rings is 1. The molecule has 4 aromatic rings. The number of nitrogens with zero attached hydrogens (tertiary/aromatic N) is 7. The molecule has 2 saturated heterocycles. The van der Waals surface area contributed by atoms with Crippen LogP contribution in [-0.2, 0) is 9.53 Å². The van der Waals surface area contributed by atoms with Crippen LogP contribution in [0.5, 0.6) is 6.01 Å². The molecule has 0 aliphatic carbocycles. The van der Waals surface area contributed by atoms with E-state index in [9.17, 15) is 18.8 Å². The van der Waals surface area contributed by atoms with Crippen molar-refractivity contribution < 1.29 is 23.0 Å². The van der Waals surface area contributed by atoms with Crippen LogP contribution in [0, 0.1) is 23.7 Å². The van der Waals surface area contributed by atoms with Gasteiger partial charge in [-0.15, -0.1) is 11.3 Å². The second-order valence-electron chi connectivity index (χ2n) is 12.2. The molecule has 254 valence electrons. The van der Waals surface area contributed by atoms with Crippen molar-refractivity contribution in [2.75, 3.05) is 57.6 Å². The SMILES string of the molecule is [C-]#[N+]c1c(N)sc2c(F)ccc(-c3cc4nc(OC[C@@H]5C[C@@H](F)CN5C)nc(N(CC)C5CCN(C(=O)C=C)[C@@H]5COC)c4cc3C#N)c12.